The number of piperidine rings is 1. The number of pyridine rings is 1. The second kappa shape index (κ2) is 5.34. The predicted octanol–water partition coefficient (Wildman–Crippen LogP) is 2.72. The first-order valence-electron chi connectivity index (χ1n) is 8.20. The Hall–Kier alpha value is -1.88. The highest BCUT2D eigenvalue weighted by Crippen LogP contribution is 2.30. The lowest BCUT2D eigenvalue weighted by atomic mass is 9.79. The quantitative estimate of drug-likeness (QED) is 0.895. The molecule has 23 heavy (non-hydrogen) atoms. The van der Waals surface area contributed by atoms with Crippen LogP contribution in [-0.2, 0) is 0 Å². The minimum absolute atomic E-state index is 0.0475. The van der Waals surface area contributed by atoms with Crippen LogP contribution >= 0.6 is 0 Å². The van der Waals surface area contributed by atoms with Gasteiger partial charge in [0.15, 0.2) is 0 Å². The van der Waals surface area contributed by atoms with Gasteiger partial charge in [-0.15, -0.1) is 0 Å². The Bertz CT molecular complexity index is 775. The number of fused-ring (bicyclic) bond motifs is 1. The number of nitrogens with one attached hydrogen (secondary N) is 2. The second-order valence-electron chi connectivity index (χ2n) is 8.06. The van der Waals surface area contributed by atoms with Gasteiger partial charge < -0.3 is 10.6 Å². The van der Waals surface area contributed by atoms with E-state index in [-0.39, 0.29) is 16.6 Å². The van der Waals surface area contributed by atoms with E-state index >= 15 is 0 Å². The Kier molecular flexibility index (Phi) is 3.71. The van der Waals surface area contributed by atoms with Crippen molar-refractivity contribution in [3.05, 3.63) is 40.3 Å². The lowest BCUT2D eigenvalue weighted by molar-refractivity contribution is 0.170. The van der Waals surface area contributed by atoms with E-state index in [4.69, 9.17) is 0 Å². The third-order valence-electron chi connectivity index (χ3n) is 4.35. The van der Waals surface area contributed by atoms with Gasteiger partial charge in [-0.1, -0.05) is 6.07 Å². The molecular formula is C18H26N4O. The van der Waals surface area contributed by atoms with Crippen LogP contribution in [0.1, 0.15) is 46.1 Å². The SMILES string of the molecule is Cc1ccc2nc(NC3CC(C)(C)NC(C)(C)C3)cc(=O)n2c1. The maximum atomic E-state index is 12.3. The third kappa shape index (κ3) is 3.55. The summed E-state index contributed by atoms with van der Waals surface area (Å²) in [5, 5.41) is 7.14. The van der Waals surface area contributed by atoms with Crippen LogP contribution in [0.15, 0.2) is 29.2 Å². The smallest absolute Gasteiger partial charge is 0.259 e. The van der Waals surface area contributed by atoms with Gasteiger partial charge >= 0.3 is 0 Å². The summed E-state index contributed by atoms with van der Waals surface area (Å²) in [6, 6.07) is 5.75. The van der Waals surface area contributed by atoms with E-state index in [1.807, 2.05) is 25.3 Å². The normalized spacial score (nSPS) is 20.6. The van der Waals surface area contributed by atoms with Gasteiger partial charge in [0.25, 0.3) is 5.56 Å². The molecule has 0 unspecified atom stereocenters. The molecule has 0 atom stereocenters. The largest absolute Gasteiger partial charge is 0.367 e. The summed E-state index contributed by atoms with van der Waals surface area (Å²) < 4.78 is 1.59. The van der Waals surface area contributed by atoms with Gasteiger partial charge in [-0.05, 0) is 59.1 Å². The van der Waals surface area contributed by atoms with Crippen molar-refractivity contribution in [3.63, 3.8) is 0 Å². The first-order valence-corrected chi connectivity index (χ1v) is 8.20. The molecule has 0 amide bonds. The van der Waals surface area contributed by atoms with Crippen molar-refractivity contribution >= 4 is 11.5 Å². The fourth-order valence-electron chi connectivity index (χ4n) is 3.92. The lowest BCUT2D eigenvalue weighted by Crippen LogP contribution is -2.60. The monoisotopic (exact) mass is 314 g/mol. The van der Waals surface area contributed by atoms with E-state index in [1.54, 1.807) is 10.5 Å². The van der Waals surface area contributed by atoms with Crippen LogP contribution in [0, 0.1) is 6.92 Å². The first-order chi connectivity index (χ1) is 10.6. The molecule has 1 aliphatic rings. The summed E-state index contributed by atoms with van der Waals surface area (Å²) in [6.45, 7) is 10.8. The fraction of sp³-hybridized carbons (Fsp3) is 0.556. The fourth-order valence-corrected chi connectivity index (χ4v) is 3.92. The van der Waals surface area contributed by atoms with Crippen molar-refractivity contribution in [2.24, 2.45) is 0 Å². The molecule has 5 heteroatoms. The van der Waals surface area contributed by atoms with E-state index in [9.17, 15) is 4.79 Å². The van der Waals surface area contributed by atoms with E-state index in [0.29, 0.717) is 17.5 Å². The van der Waals surface area contributed by atoms with E-state index in [2.05, 4.69) is 43.3 Å². The van der Waals surface area contributed by atoms with Crippen LogP contribution in [0.4, 0.5) is 5.82 Å². The molecule has 1 aliphatic heterocycles. The Balaban J connectivity index is 1.90. The van der Waals surface area contributed by atoms with Gasteiger partial charge in [0.2, 0.25) is 0 Å². The molecule has 124 valence electrons. The maximum Gasteiger partial charge on any atom is 0.259 e. The Labute approximate surface area is 137 Å². The number of hydrogen-bond donors (Lipinski definition) is 2. The molecule has 2 N–H and O–H groups in total. The Morgan fingerprint density at radius 3 is 2.52 bits per heavy atom. The molecule has 0 aliphatic carbocycles. The number of anilines is 1. The van der Waals surface area contributed by atoms with Crippen molar-refractivity contribution in [2.75, 3.05) is 5.32 Å². The van der Waals surface area contributed by atoms with Crippen LogP contribution in [-0.4, -0.2) is 26.5 Å². The molecule has 1 fully saturated rings. The van der Waals surface area contributed by atoms with Crippen molar-refractivity contribution < 1.29 is 0 Å². The molecular weight excluding hydrogens is 288 g/mol. The summed E-state index contributed by atoms with van der Waals surface area (Å²) in [5.74, 6) is 0.664. The average Bonchev–Trinajstić information content (AvgIpc) is 2.36. The molecule has 0 bridgehead atoms. The summed E-state index contributed by atoms with van der Waals surface area (Å²) in [5.41, 5.74) is 1.79. The molecule has 0 radical (unpaired) electrons. The standard InChI is InChI=1S/C18H26N4O/c1-12-6-7-15-20-14(8-16(23)22(15)11-12)19-13-9-17(2,3)21-18(4,5)10-13/h6-8,11,13,19,21H,9-10H2,1-5H3. The molecule has 0 aromatic carbocycles. The number of aryl methyl sites for hydroxylation is 1. The first kappa shape index (κ1) is 16.0. The molecule has 2 aromatic heterocycles. The van der Waals surface area contributed by atoms with Crippen LogP contribution in [0.2, 0.25) is 0 Å². The zero-order valence-electron chi connectivity index (χ0n) is 14.6. The van der Waals surface area contributed by atoms with Crippen LogP contribution in [0.5, 0.6) is 0 Å². The van der Waals surface area contributed by atoms with Crippen LogP contribution in [0.25, 0.3) is 5.65 Å². The minimum Gasteiger partial charge on any atom is -0.367 e. The maximum absolute atomic E-state index is 12.3. The van der Waals surface area contributed by atoms with Gasteiger partial charge in [0.1, 0.15) is 11.5 Å². The van der Waals surface area contributed by atoms with Crippen LogP contribution in [0.3, 0.4) is 0 Å². The third-order valence-corrected chi connectivity index (χ3v) is 4.35. The van der Waals surface area contributed by atoms with Gasteiger partial charge in [0.05, 0.1) is 0 Å². The highest BCUT2D eigenvalue weighted by Gasteiger charge is 2.37. The van der Waals surface area contributed by atoms with E-state index in [1.165, 1.54) is 0 Å². The van der Waals surface area contributed by atoms with Crippen molar-refractivity contribution in [1.82, 2.24) is 14.7 Å². The van der Waals surface area contributed by atoms with Gasteiger partial charge in [-0.3, -0.25) is 9.20 Å². The van der Waals surface area contributed by atoms with Crippen molar-refractivity contribution in [1.29, 1.82) is 0 Å². The zero-order chi connectivity index (χ0) is 16.8. The Morgan fingerprint density at radius 2 is 1.87 bits per heavy atom. The summed E-state index contributed by atoms with van der Waals surface area (Å²) in [6.07, 6.45) is 3.81. The lowest BCUT2D eigenvalue weighted by Gasteiger charge is -2.46. The topological polar surface area (TPSA) is 58.4 Å². The predicted molar refractivity (Wildman–Crippen MR) is 94.1 cm³/mol. The minimum atomic E-state index is -0.0475. The van der Waals surface area contributed by atoms with E-state index < -0.39 is 0 Å². The highest BCUT2D eigenvalue weighted by atomic mass is 16.1. The molecule has 0 spiro atoms. The number of nitrogens with zero attached hydrogens (tertiary/aromatic N) is 2. The summed E-state index contributed by atoms with van der Waals surface area (Å²) in [7, 11) is 0. The average molecular weight is 314 g/mol. The summed E-state index contributed by atoms with van der Waals surface area (Å²) >= 11 is 0. The van der Waals surface area contributed by atoms with Gasteiger partial charge in [0, 0.05) is 29.4 Å². The van der Waals surface area contributed by atoms with Crippen molar-refractivity contribution in [2.45, 2.75) is 64.6 Å². The number of hydrogen-bond acceptors (Lipinski definition) is 4. The van der Waals surface area contributed by atoms with E-state index in [0.717, 1.165) is 18.4 Å². The molecule has 5 nitrogen and oxygen atoms in total. The summed E-state index contributed by atoms with van der Waals surface area (Å²) in [4.78, 5) is 16.9. The zero-order valence-corrected chi connectivity index (χ0v) is 14.6. The number of aromatic nitrogens is 2. The second-order valence-corrected chi connectivity index (χ2v) is 8.06. The highest BCUT2D eigenvalue weighted by molar-refractivity contribution is 5.47. The molecule has 0 saturated carbocycles. The molecule has 3 heterocycles. The van der Waals surface area contributed by atoms with Gasteiger partial charge in [-0.25, -0.2) is 4.98 Å². The van der Waals surface area contributed by atoms with Crippen molar-refractivity contribution in [3.8, 4) is 0 Å². The molecule has 2 aromatic rings. The van der Waals surface area contributed by atoms with Gasteiger partial charge in [-0.2, -0.15) is 0 Å². The van der Waals surface area contributed by atoms with Crippen LogP contribution < -0.4 is 16.2 Å². The molecule has 1 saturated heterocycles. The Morgan fingerprint density at radius 1 is 1.22 bits per heavy atom. The molecule has 3 rings (SSSR count). The number of rotatable bonds is 2.